The van der Waals surface area contributed by atoms with Crippen molar-refractivity contribution in [3.63, 3.8) is 0 Å². The van der Waals surface area contributed by atoms with Gasteiger partial charge in [-0.2, -0.15) is 0 Å². The largest absolute Gasteiger partial charge is 0.507 e. The number of phenolic OH excluding ortho intramolecular Hbond substituents is 1. The first kappa shape index (κ1) is 21.5. The lowest BCUT2D eigenvalue weighted by molar-refractivity contribution is 0.0616. The molecule has 2 aromatic carbocycles. The molecule has 2 N–H and O–H groups in total. The lowest BCUT2D eigenvalue weighted by Gasteiger charge is -2.28. The number of benzene rings is 2. The fraction of sp³-hybridized carbons (Fsp3) is 0.458. The third-order valence-electron chi connectivity index (χ3n) is 5.82. The van der Waals surface area contributed by atoms with Crippen LogP contribution in [0.15, 0.2) is 36.4 Å². The highest BCUT2D eigenvalue weighted by molar-refractivity contribution is 6.02. The number of carbonyl (C=O) groups excluding carboxylic acids is 1. The van der Waals surface area contributed by atoms with Crippen molar-refractivity contribution in [1.82, 2.24) is 4.90 Å². The summed E-state index contributed by atoms with van der Waals surface area (Å²) in [4.78, 5) is 14.8. The van der Waals surface area contributed by atoms with Crippen LogP contribution in [0.5, 0.6) is 23.0 Å². The van der Waals surface area contributed by atoms with Crippen molar-refractivity contribution >= 4 is 5.78 Å². The second-order valence-corrected chi connectivity index (χ2v) is 8.15. The van der Waals surface area contributed by atoms with E-state index in [1.807, 2.05) is 24.3 Å². The Hall–Kier alpha value is -2.77. The molecule has 2 heterocycles. The van der Waals surface area contributed by atoms with E-state index in [0.717, 1.165) is 18.7 Å². The Morgan fingerprint density at radius 2 is 1.87 bits per heavy atom. The van der Waals surface area contributed by atoms with Crippen molar-refractivity contribution in [2.75, 3.05) is 33.4 Å². The number of hydrogen-bond acceptors (Lipinski definition) is 7. The average molecular weight is 427 g/mol. The Labute approximate surface area is 182 Å². The minimum absolute atomic E-state index is 0.135. The first-order valence-corrected chi connectivity index (χ1v) is 10.8. The summed E-state index contributed by atoms with van der Waals surface area (Å²) in [6, 6.07) is 10.4. The summed E-state index contributed by atoms with van der Waals surface area (Å²) in [6.45, 7) is 2.95. The third kappa shape index (κ3) is 5.11. The molecule has 0 radical (unpaired) electrons. The SMILES string of the molecule is COc1cc(O)c2c(c1)O[C@H](c1ccc(OCC(O)CN3CCCCC3)cc1)CC2=O. The van der Waals surface area contributed by atoms with E-state index in [1.165, 1.54) is 32.4 Å². The fourth-order valence-corrected chi connectivity index (χ4v) is 4.18. The van der Waals surface area contributed by atoms with Crippen LogP contribution in [0.1, 0.15) is 47.7 Å². The molecule has 2 aliphatic heterocycles. The van der Waals surface area contributed by atoms with Gasteiger partial charge in [-0.3, -0.25) is 4.79 Å². The van der Waals surface area contributed by atoms with Gasteiger partial charge in [0.15, 0.2) is 5.78 Å². The second-order valence-electron chi connectivity index (χ2n) is 8.15. The molecule has 7 nitrogen and oxygen atoms in total. The number of rotatable bonds is 7. The summed E-state index contributed by atoms with van der Waals surface area (Å²) in [7, 11) is 1.49. The van der Waals surface area contributed by atoms with E-state index in [2.05, 4.69) is 4.90 Å². The number of piperidine rings is 1. The Morgan fingerprint density at radius 3 is 2.58 bits per heavy atom. The van der Waals surface area contributed by atoms with Crippen LogP contribution < -0.4 is 14.2 Å². The van der Waals surface area contributed by atoms with Crippen molar-refractivity contribution in [3.05, 3.63) is 47.5 Å². The summed E-state index contributed by atoms with van der Waals surface area (Å²) in [5.74, 6) is 1.09. The van der Waals surface area contributed by atoms with Crippen LogP contribution in [-0.2, 0) is 0 Å². The van der Waals surface area contributed by atoms with Gasteiger partial charge < -0.3 is 29.3 Å². The fourth-order valence-electron chi connectivity index (χ4n) is 4.18. The second kappa shape index (κ2) is 9.58. The number of β-amino-alcohol motifs (C(OH)–C–C–N with tert-alkyl or cyclic N) is 1. The van der Waals surface area contributed by atoms with Crippen molar-refractivity contribution in [1.29, 1.82) is 0 Å². The smallest absolute Gasteiger partial charge is 0.174 e. The van der Waals surface area contributed by atoms with Crippen molar-refractivity contribution in [2.24, 2.45) is 0 Å². The predicted molar refractivity (Wildman–Crippen MR) is 115 cm³/mol. The molecule has 0 saturated carbocycles. The van der Waals surface area contributed by atoms with Gasteiger partial charge in [0.05, 0.1) is 13.5 Å². The zero-order valence-electron chi connectivity index (χ0n) is 17.8. The van der Waals surface area contributed by atoms with E-state index >= 15 is 0 Å². The average Bonchev–Trinajstić information content (AvgIpc) is 2.78. The standard InChI is InChI=1S/C24H29NO6/c1-29-19-11-20(27)24-21(28)13-22(31-23(24)12-19)16-5-7-18(8-6-16)30-15-17(26)14-25-9-3-2-4-10-25/h5-8,11-12,17,22,26-27H,2-4,9-10,13-15H2,1H3/t17?,22-/m0/s1. The lowest BCUT2D eigenvalue weighted by atomic mass is 9.95. The van der Waals surface area contributed by atoms with Crippen LogP contribution in [0, 0.1) is 0 Å². The van der Waals surface area contributed by atoms with E-state index in [4.69, 9.17) is 14.2 Å². The predicted octanol–water partition coefficient (Wildman–Crippen LogP) is 3.33. The highest BCUT2D eigenvalue weighted by Crippen LogP contribution is 2.42. The Balaban J connectivity index is 1.36. The number of likely N-dealkylation sites (tertiary alicyclic amines) is 1. The number of ketones is 1. The molecule has 1 saturated heterocycles. The molecule has 0 aromatic heterocycles. The van der Waals surface area contributed by atoms with Gasteiger partial charge in [-0.25, -0.2) is 0 Å². The number of phenols is 1. The zero-order valence-corrected chi connectivity index (χ0v) is 17.8. The summed E-state index contributed by atoms with van der Waals surface area (Å²) < 4.78 is 16.9. The molecule has 2 aliphatic rings. The van der Waals surface area contributed by atoms with Crippen LogP contribution in [0.4, 0.5) is 0 Å². The summed E-state index contributed by atoms with van der Waals surface area (Å²) >= 11 is 0. The lowest BCUT2D eigenvalue weighted by Crippen LogP contribution is -2.38. The van der Waals surface area contributed by atoms with Crippen molar-refractivity contribution < 1.29 is 29.2 Å². The number of ether oxygens (including phenoxy) is 3. The maximum atomic E-state index is 12.6. The first-order chi connectivity index (χ1) is 15.0. The minimum atomic E-state index is -0.531. The number of nitrogens with zero attached hydrogens (tertiary/aromatic N) is 1. The molecule has 166 valence electrons. The van der Waals surface area contributed by atoms with Crippen LogP contribution in [0.25, 0.3) is 0 Å². The molecule has 1 unspecified atom stereocenters. The number of aliphatic hydroxyl groups is 1. The summed E-state index contributed by atoms with van der Waals surface area (Å²) in [5.41, 5.74) is 1.03. The van der Waals surface area contributed by atoms with Gasteiger partial charge in [0.1, 0.15) is 47.4 Å². The normalized spacial score (nSPS) is 19.9. The molecule has 0 bridgehead atoms. The minimum Gasteiger partial charge on any atom is -0.507 e. The molecule has 2 aromatic rings. The molecule has 7 heteroatoms. The number of fused-ring (bicyclic) bond motifs is 1. The van der Waals surface area contributed by atoms with Crippen LogP contribution in [0.2, 0.25) is 0 Å². The monoisotopic (exact) mass is 427 g/mol. The molecule has 0 spiro atoms. The molecule has 31 heavy (non-hydrogen) atoms. The van der Waals surface area contributed by atoms with Crippen molar-refractivity contribution in [2.45, 2.75) is 37.9 Å². The highest BCUT2D eigenvalue weighted by Gasteiger charge is 2.31. The van der Waals surface area contributed by atoms with Gasteiger partial charge in [-0.15, -0.1) is 0 Å². The van der Waals surface area contributed by atoms with E-state index < -0.39 is 12.2 Å². The van der Waals surface area contributed by atoms with E-state index in [-0.39, 0.29) is 30.1 Å². The molecule has 4 rings (SSSR count). The molecule has 2 atom stereocenters. The molecule has 0 amide bonds. The number of Topliss-reactive ketones (excluding diaryl/α,β-unsaturated/α-hetero) is 1. The Morgan fingerprint density at radius 1 is 1.13 bits per heavy atom. The number of methoxy groups -OCH3 is 1. The molecular formula is C24H29NO6. The van der Waals surface area contributed by atoms with Crippen LogP contribution in [0.3, 0.4) is 0 Å². The van der Waals surface area contributed by atoms with Gasteiger partial charge in [0.2, 0.25) is 0 Å². The number of aliphatic hydroxyl groups excluding tert-OH is 1. The summed E-state index contributed by atoms with van der Waals surface area (Å²) in [5, 5.41) is 20.4. The maximum Gasteiger partial charge on any atom is 0.174 e. The summed E-state index contributed by atoms with van der Waals surface area (Å²) in [6.07, 6.45) is 2.81. The number of carbonyl (C=O) groups is 1. The van der Waals surface area contributed by atoms with E-state index in [9.17, 15) is 15.0 Å². The van der Waals surface area contributed by atoms with Gasteiger partial charge in [-0.05, 0) is 43.6 Å². The Bertz CT molecular complexity index is 907. The Kier molecular flexibility index (Phi) is 6.63. The van der Waals surface area contributed by atoms with Crippen LogP contribution in [-0.4, -0.2) is 60.4 Å². The molecule has 1 fully saturated rings. The highest BCUT2D eigenvalue weighted by atomic mass is 16.5. The number of aromatic hydroxyl groups is 1. The number of hydrogen-bond donors (Lipinski definition) is 2. The van der Waals surface area contributed by atoms with Gasteiger partial charge in [-0.1, -0.05) is 18.6 Å². The first-order valence-electron chi connectivity index (χ1n) is 10.8. The van der Waals surface area contributed by atoms with Gasteiger partial charge >= 0.3 is 0 Å². The third-order valence-corrected chi connectivity index (χ3v) is 5.82. The quantitative estimate of drug-likeness (QED) is 0.701. The molecular weight excluding hydrogens is 398 g/mol. The molecule has 0 aliphatic carbocycles. The van der Waals surface area contributed by atoms with E-state index in [1.54, 1.807) is 6.07 Å². The van der Waals surface area contributed by atoms with E-state index in [0.29, 0.717) is 23.8 Å². The maximum absolute atomic E-state index is 12.6. The van der Waals surface area contributed by atoms with Gasteiger partial charge in [0.25, 0.3) is 0 Å². The van der Waals surface area contributed by atoms with Gasteiger partial charge in [0, 0.05) is 18.7 Å². The van der Waals surface area contributed by atoms with Crippen LogP contribution >= 0.6 is 0 Å². The zero-order chi connectivity index (χ0) is 21.8. The van der Waals surface area contributed by atoms with Crippen molar-refractivity contribution in [3.8, 4) is 23.0 Å². The topological polar surface area (TPSA) is 88.5 Å².